The van der Waals surface area contributed by atoms with E-state index >= 15 is 0 Å². The van der Waals surface area contributed by atoms with Crippen molar-refractivity contribution < 1.29 is 21.9 Å². The van der Waals surface area contributed by atoms with Crippen LogP contribution >= 0.6 is 0 Å². The summed E-state index contributed by atoms with van der Waals surface area (Å²) in [6.45, 7) is 0. The highest BCUT2D eigenvalue weighted by molar-refractivity contribution is 7.85. The Bertz CT molecular complexity index is 446. The third-order valence-electron chi connectivity index (χ3n) is 1.19. The van der Waals surface area contributed by atoms with E-state index in [1.807, 2.05) is 0 Å². The smallest absolute Gasteiger partial charge is 0.290 e. The number of oxime groups is 1. The van der Waals surface area contributed by atoms with Crippen molar-refractivity contribution in [3.63, 3.8) is 0 Å². The predicted molar refractivity (Wildman–Crippen MR) is 46.7 cm³/mol. The lowest BCUT2D eigenvalue weighted by molar-refractivity contribution is -0.110. The molecule has 1 rings (SSSR count). The minimum absolute atomic E-state index is 0.338. The van der Waals surface area contributed by atoms with Gasteiger partial charge in [-0.25, -0.2) is 4.39 Å². The predicted octanol–water partition coefficient (Wildman–Crippen LogP) is 0.311. The van der Waals surface area contributed by atoms with Crippen LogP contribution in [0.4, 0.5) is 4.39 Å². The van der Waals surface area contributed by atoms with Crippen molar-refractivity contribution in [3.05, 3.63) is 24.1 Å². The van der Waals surface area contributed by atoms with Gasteiger partial charge in [-0.3, -0.25) is 9.08 Å². The molecule has 0 aliphatic heterocycles. The summed E-state index contributed by atoms with van der Waals surface area (Å²) in [7, 11) is -3.76. The van der Waals surface area contributed by atoms with Crippen molar-refractivity contribution in [1.82, 2.24) is 0 Å². The molecule has 76 valence electrons. The minimum Gasteiger partial charge on any atom is -0.290 e. The van der Waals surface area contributed by atoms with Crippen LogP contribution in [0.25, 0.3) is 0 Å². The van der Waals surface area contributed by atoms with E-state index in [-0.39, 0.29) is 5.71 Å². The van der Waals surface area contributed by atoms with Gasteiger partial charge in [0, 0.05) is 6.08 Å². The van der Waals surface area contributed by atoms with Crippen molar-refractivity contribution in [2.45, 2.75) is 0 Å². The Morgan fingerprint density at radius 3 is 2.57 bits per heavy atom. The standard InChI is InChI=1S/C7H6FNO4S/c1-14(11,12)13-9-7-3-2-5(10)4-6(7)8/h2-4H,1H3/b9-7+. The number of ketones is 1. The highest BCUT2D eigenvalue weighted by Gasteiger charge is 2.12. The lowest BCUT2D eigenvalue weighted by Crippen LogP contribution is -2.07. The number of carbonyl (C=O) groups excluding carboxylic acids is 1. The van der Waals surface area contributed by atoms with Gasteiger partial charge in [-0.1, -0.05) is 5.16 Å². The molecule has 0 unspecified atom stereocenters. The Kier molecular flexibility index (Phi) is 2.80. The molecule has 0 aromatic carbocycles. The van der Waals surface area contributed by atoms with E-state index in [4.69, 9.17) is 0 Å². The topological polar surface area (TPSA) is 72.8 Å². The zero-order valence-electron chi connectivity index (χ0n) is 7.10. The average molecular weight is 219 g/mol. The van der Waals surface area contributed by atoms with Gasteiger partial charge < -0.3 is 0 Å². The molecule has 0 saturated carbocycles. The number of nitrogens with zero attached hydrogens (tertiary/aromatic N) is 1. The second-order valence-electron chi connectivity index (χ2n) is 2.48. The van der Waals surface area contributed by atoms with E-state index in [0.717, 1.165) is 18.4 Å². The van der Waals surface area contributed by atoms with Gasteiger partial charge in [-0.2, -0.15) is 8.42 Å². The molecule has 0 aromatic heterocycles. The first-order valence-corrected chi connectivity index (χ1v) is 5.26. The molecule has 1 aliphatic carbocycles. The molecule has 0 saturated heterocycles. The van der Waals surface area contributed by atoms with E-state index in [0.29, 0.717) is 6.08 Å². The van der Waals surface area contributed by atoms with Crippen molar-refractivity contribution in [3.8, 4) is 0 Å². The van der Waals surface area contributed by atoms with Gasteiger partial charge in [-0.15, -0.1) is 0 Å². The zero-order valence-corrected chi connectivity index (χ0v) is 7.91. The van der Waals surface area contributed by atoms with E-state index in [9.17, 15) is 17.6 Å². The van der Waals surface area contributed by atoms with Crippen LogP contribution in [-0.2, 0) is 19.2 Å². The van der Waals surface area contributed by atoms with Crippen molar-refractivity contribution in [2.75, 3.05) is 6.26 Å². The maximum atomic E-state index is 12.9. The van der Waals surface area contributed by atoms with Crippen LogP contribution in [0, 0.1) is 0 Å². The van der Waals surface area contributed by atoms with E-state index in [2.05, 4.69) is 9.44 Å². The molecular weight excluding hydrogens is 213 g/mol. The Hall–Kier alpha value is -1.50. The Morgan fingerprint density at radius 2 is 2.07 bits per heavy atom. The number of halogens is 1. The number of rotatable bonds is 2. The Balaban J connectivity index is 2.86. The maximum Gasteiger partial charge on any atom is 0.325 e. The van der Waals surface area contributed by atoms with Crippen molar-refractivity contribution >= 4 is 21.6 Å². The van der Waals surface area contributed by atoms with Gasteiger partial charge in [-0.05, 0) is 12.2 Å². The first-order chi connectivity index (χ1) is 6.38. The molecule has 14 heavy (non-hydrogen) atoms. The first-order valence-electron chi connectivity index (χ1n) is 3.45. The summed E-state index contributed by atoms with van der Waals surface area (Å²) in [4.78, 5) is 10.6. The van der Waals surface area contributed by atoms with Crippen LogP contribution < -0.4 is 0 Å². The second kappa shape index (κ2) is 3.70. The van der Waals surface area contributed by atoms with Crippen LogP contribution in [0.5, 0.6) is 0 Å². The highest BCUT2D eigenvalue weighted by atomic mass is 32.2. The van der Waals surface area contributed by atoms with Crippen LogP contribution in [0.1, 0.15) is 0 Å². The van der Waals surface area contributed by atoms with Gasteiger partial charge in [0.05, 0.1) is 6.26 Å². The molecule has 5 nitrogen and oxygen atoms in total. The fourth-order valence-corrected chi connectivity index (χ4v) is 0.885. The lowest BCUT2D eigenvalue weighted by atomic mass is 10.1. The molecule has 0 heterocycles. The van der Waals surface area contributed by atoms with Crippen LogP contribution in [0.2, 0.25) is 0 Å². The minimum atomic E-state index is -3.76. The van der Waals surface area contributed by atoms with Crippen LogP contribution in [-0.4, -0.2) is 26.2 Å². The third kappa shape index (κ3) is 3.09. The summed E-state index contributed by atoms with van der Waals surface area (Å²) in [6, 6.07) is 0. The molecule has 0 amide bonds. The summed E-state index contributed by atoms with van der Waals surface area (Å²) < 4.78 is 37.8. The normalized spacial score (nSPS) is 19.7. The molecule has 1 aliphatic rings. The van der Waals surface area contributed by atoms with E-state index < -0.39 is 21.7 Å². The fraction of sp³-hybridized carbons (Fsp3) is 0.143. The first kappa shape index (κ1) is 10.6. The Labute approximate surface area is 79.7 Å². The molecule has 0 fully saturated rings. The maximum absolute atomic E-state index is 12.9. The summed E-state index contributed by atoms with van der Waals surface area (Å²) in [5.41, 5.74) is -0.338. The molecule has 0 bridgehead atoms. The molecule has 0 N–H and O–H groups in total. The van der Waals surface area contributed by atoms with Gasteiger partial charge in [0.25, 0.3) is 0 Å². The van der Waals surface area contributed by atoms with Gasteiger partial charge in [0.1, 0.15) is 5.71 Å². The number of carbonyl (C=O) groups is 1. The van der Waals surface area contributed by atoms with Crippen LogP contribution in [0.15, 0.2) is 29.2 Å². The summed E-state index contributed by atoms with van der Waals surface area (Å²) in [5.74, 6) is -1.46. The lowest BCUT2D eigenvalue weighted by Gasteiger charge is -2.01. The van der Waals surface area contributed by atoms with E-state index in [1.54, 1.807) is 0 Å². The van der Waals surface area contributed by atoms with Crippen LogP contribution in [0.3, 0.4) is 0 Å². The molecule has 0 atom stereocenters. The summed E-state index contributed by atoms with van der Waals surface area (Å²) in [5, 5.41) is 3.02. The van der Waals surface area contributed by atoms with Gasteiger partial charge >= 0.3 is 10.1 Å². The average Bonchev–Trinajstić information content (AvgIpc) is 2.00. The second-order valence-corrected chi connectivity index (χ2v) is 4.04. The number of hydrogen-bond acceptors (Lipinski definition) is 5. The van der Waals surface area contributed by atoms with Crippen molar-refractivity contribution in [2.24, 2.45) is 5.16 Å². The highest BCUT2D eigenvalue weighted by Crippen LogP contribution is 2.08. The molecule has 7 heteroatoms. The number of hydrogen-bond donors (Lipinski definition) is 0. The molecular formula is C7H6FNO4S. The fourth-order valence-electron chi connectivity index (χ4n) is 0.670. The van der Waals surface area contributed by atoms with Gasteiger partial charge in [0.15, 0.2) is 11.6 Å². The largest absolute Gasteiger partial charge is 0.325 e. The van der Waals surface area contributed by atoms with Crippen molar-refractivity contribution in [1.29, 1.82) is 0 Å². The summed E-state index contributed by atoms with van der Waals surface area (Å²) >= 11 is 0. The third-order valence-corrected chi connectivity index (χ3v) is 1.54. The SMILES string of the molecule is CS(=O)(=O)O/N=C1\C=CC(=O)C=C1F. The summed E-state index contributed by atoms with van der Waals surface area (Å²) in [6.07, 6.45) is 3.54. The monoisotopic (exact) mass is 219 g/mol. The molecule has 0 aromatic rings. The number of allylic oxidation sites excluding steroid dienone is 4. The molecule has 0 spiro atoms. The Morgan fingerprint density at radius 1 is 1.43 bits per heavy atom. The van der Waals surface area contributed by atoms with Gasteiger partial charge in [0.2, 0.25) is 0 Å². The quantitative estimate of drug-likeness (QED) is 0.495. The zero-order chi connectivity index (χ0) is 10.8. The van der Waals surface area contributed by atoms with E-state index in [1.165, 1.54) is 0 Å². The molecule has 0 radical (unpaired) electrons.